The Morgan fingerprint density at radius 3 is 2.52 bits per heavy atom. The number of aromatic nitrogens is 1. The third kappa shape index (κ3) is 4.55. The van der Waals surface area contributed by atoms with Gasteiger partial charge in [-0.3, -0.25) is 9.59 Å². The molecule has 0 fully saturated rings. The summed E-state index contributed by atoms with van der Waals surface area (Å²) in [6, 6.07) is 20.9. The van der Waals surface area contributed by atoms with E-state index in [9.17, 15) is 9.59 Å². The van der Waals surface area contributed by atoms with Crippen molar-refractivity contribution in [2.75, 3.05) is 11.9 Å². The molecule has 146 valence electrons. The van der Waals surface area contributed by atoms with Crippen molar-refractivity contribution in [2.45, 2.75) is 13.0 Å². The van der Waals surface area contributed by atoms with Crippen molar-refractivity contribution in [3.63, 3.8) is 0 Å². The summed E-state index contributed by atoms with van der Waals surface area (Å²) in [6.07, 6.45) is 2.93. The molecule has 0 saturated heterocycles. The van der Waals surface area contributed by atoms with Crippen LogP contribution in [0.4, 0.5) is 5.69 Å². The number of aryl methyl sites for hydroxylation is 1. The number of hydrogen-bond acceptors (Lipinski definition) is 3. The molecule has 4 rings (SSSR count). The summed E-state index contributed by atoms with van der Waals surface area (Å²) in [6.45, 7) is 1.45. The number of anilines is 1. The maximum absolute atomic E-state index is 12.3. The normalized spacial score (nSPS) is 10.8. The van der Waals surface area contributed by atoms with Crippen LogP contribution in [0.25, 0.3) is 10.9 Å². The number of fused-ring (bicyclic) bond motifs is 1. The Bertz CT molecular complexity index is 1110. The first kappa shape index (κ1) is 19.0. The van der Waals surface area contributed by atoms with Crippen molar-refractivity contribution in [1.29, 1.82) is 0 Å². The van der Waals surface area contributed by atoms with Crippen LogP contribution in [-0.4, -0.2) is 22.9 Å². The van der Waals surface area contributed by atoms with E-state index in [4.69, 9.17) is 0 Å². The number of rotatable bonds is 7. The Hall–Kier alpha value is -3.38. The van der Waals surface area contributed by atoms with Crippen molar-refractivity contribution in [3.05, 3.63) is 88.7 Å². The zero-order valence-electron chi connectivity index (χ0n) is 15.8. The van der Waals surface area contributed by atoms with Crippen LogP contribution in [0.5, 0.6) is 0 Å². The number of nitrogens with one attached hydrogen (secondary N) is 2. The molecule has 2 aromatic heterocycles. The van der Waals surface area contributed by atoms with E-state index in [2.05, 4.69) is 39.6 Å². The zero-order valence-corrected chi connectivity index (χ0v) is 16.6. The molecule has 0 spiro atoms. The van der Waals surface area contributed by atoms with Gasteiger partial charge in [-0.15, -0.1) is 11.3 Å². The van der Waals surface area contributed by atoms with Gasteiger partial charge in [0.15, 0.2) is 0 Å². The first-order valence-corrected chi connectivity index (χ1v) is 10.4. The molecular weight excluding hydrogens is 382 g/mol. The number of carbonyl (C=O) groups is 2. The number of para-hydroxylation sites is 1. The van der Waals surface area contributed by atoms with Crippen LogP contribution in [-0.2, 0) is 6.54 Å². The van der Waals surface area contributed by atoms with Gasteiger partial charge in [-0.25, -0.2) is 0 Å². The van der Waals surface area contributed by atoms with E-state index in [0.717, 1.165) is 13.0 Å². The minimum absolute atomic E-state index is 0.113. The summed E-state index contributed by atoms with van der Waals surface area (Å²) < 4.78 is 2.20. The molecular formula is C23H21N3O2S. The molecule has 2 heterocycles. The van der Waals surface area contributed by atoms with Gasteiger partial charge in [-0.05, 0) is 59.7 Å². The van der Waals surface area contributed by atoms with E-state index >= 15 is 0 Å². The van der Waals surface area contributed by atoms with E-state index < -0.39 is 0 Å². The van der Waals surface area contributed by atoms with Crippen LogP contribution in [0.15, 0.2) is 78.3 Å². The molecule has 0 aliphatic heterocycles. The average Bonchev–Trinajstić information content (AvgIpc) is 3.42. The smallest absolute Gasteiger partial charge is 0.265 e. The molecule has 4 aromatic rings. The van der Waals surface area contributed by atoms with Crippen LogP contribution in [0, 0.1) is 0 Å². The van der Waals surface area contributed by atoms with Gasteiger partial charge >= 0.3 is 0 Å². The standard InChI is InChI=1S/C23H21N3O2S/c27-22(24-13-4-14-26-15-12-17-5-1-2-6-20(17)26)18-8-10-19(11-9-18)25-23(28)21-7-3-16-29-21/h1-3,5-12,15-16H,4,13-14H2,(H,24,27)(H,25,28). The topological polar surface area (TPSA) is 63.1 Å². The van der Waals surface area contributed by atoms with Crippen LogP contribution < -0.4 is 10.6 Å². The highest BCUT2D eigenvalue weighted by atomic mass is 32.1. The lowest BCUT2D eigenvalue weighted by molar-refractivity contribution is 0.0952. The lowest BCUT2D eigenvalue weighted by Crippen LogP contribution is -2.25. The highest BCUT2D eigenvalue weighted by Crippen LogP contribution is 2.16. The van der Waals surface area contributed by atoms with E-state index in [1.807, 2.05) is 23.6 Å². The molecule has 0 saturated carbocycles. The second kappa shape index (κ2) is 8.75. The van der Waals surface area contributed by atoms with Crippen LogP contribution in [0.3, 0.4) is 0 Å². The lowest BCUT2D eigenvalue weighted by Gasteiger charge is -2.08. The maximum atomic E-state index is 12.3. The number of hydrogen-bond donors (Lipinski definition) is 2. The largest absolute Gasteiger partial charge is 0.352 e. The third-order valence-electron chi connectivity index (χ3n) is 4.69. The van der Waals surface area contributed by atoms with Crippen LogP contribution >= 0.6 is 11.3 Å². The monoisotopic (exact) mass is 403 g/mol. The van der Waals surface area contributed by atoms with Gasteiger partial charge in [0.05, 0.1) is 4.88 Å². The minimum Gasteiger partial charge on any atom is -0.352 e. The molecule has 2 amide bonds. The fraction of sp³-hybridized carbons (Fsp3) is 0.130. The highest BCUT2D eigenvalue weighted by Gasteiger charge is 2.09. The van der Waals surface area contributed by atoms with Crippen molar-refractivity contribution < 1.29 is 9.59 Å². The molecule has 2 N–H and O–H groups in total. The first-order chi connectivity index (χ1) is 14.2. The predicted octanol–water partition coefficient (Wildman–Crippen LogP) is 4.78. The SMILES string of the molecule is O=C(NCCCn1ccc2ccccc21)c1ccc(NC(=O)c2cccs2)cc1. The molecule has 6 heteroatoms. The summed E-state index contributed by atoms with van der Waals surface area (Å²) in [7, 11) is 0. The third-order valence-corrected chi connectivity index (χ3v) is 5.56. The molecule has 2 aromatic carbocycles. The van der Waals surface area contributed by atoms with E-state index in [1.54, 1.807) is 30.3 Å². The van der Waals surface area contributed by atoms with Gasteiger partial charge in [0, 0.05) is 36.1 Å². The first-order valence-electron chi connectivity index (χ1n) is 9.48. The second-order valence-electron chi connectivity index (χ2n) is 6.69. The molecule has 0 radical (unpaired) electrons. The predicted molar refractivity (Wildman–Crippen MR) is 118 cm³/mol. The van der Waals surface area contributed by atoms with Crippen LogP contribution in [0.1, 0.15) is 26.5 Å². The van der Waals surface area contributed by atoms with E-state index in [0.29, 0.717) is 22.7 Å². The molecule has 29 heavy (non-hydrogen) atoms. The highest BCUT2D eigenvalue weighted by molar-refractivity contribution is 7.12. The summed E-state index contributed by atoms with van der Waals surface area (Å²) in [4.78, 5) is 25.1. The molecule has 0 unspecified atom stereocenters. The van der Waals surface area contributed by atoms with Gasteiger partial charge < -0.3 is 15.2 Å². The summed E-state index contributed by atoms with van der Waals surface area (Å²) in [5, 5.41) is 8.87. The van der Waals surface area contributed by atoms with E-state index in [-0.39, 0.29) is 11.8 Å². The Morgan fingerprint density at radius 2 is 1.72 bits per heavy atom. The van der Waals surface area contributed by atoms with Gasteiger partial charge in [-0.1, -0.05) is 24.3 Å². The van der Waals surface area contributed by atoms with Crippen LogP contribution in [0.2, 0.25) is 0 Å². The average molecular weight is 404 g/mol. The van der Waals surface area contributed by atoms with Gasteiger partial charge in [0.2, 0.25) is 0 Å². The molecule has 0 aliphatic rings. The molecule has 0 bridgehead atoms. The number of benzene rings is 2. The van der Waals surface area contributed by atoms with Gasteiger partial charge in [0.1, 0.15) is 0 Å². The minimum atomic E-state index is -0.144. The Kier molecular flexibility index (Phi) is 5.72. The summed E-state index contributed by atoms with van der Waals surface area (Å²) in [5.74, 6) is -0.256. The van der Waals surface area contributed by atoms with Crippen molar-refractivity contribution in [3.8, 4) is 0 Å². The molecule has 0 atom stereocenters. The van der Waals surface area contributed by atoms with Gasteiger partial charge in [0.25, 0.3) is 11.8 Å². The van der Waals surface area contributed by atoms with Crippen molar-refractivity contribution in [1.82, 2.24) is 9.88 Å². The second-order valence-corrected chi connectivity index (χ2v) is 7.63. The Labute approximate surface area is 173 Å². The number of nitrogens with zero attached hydrogens (tertiary/aromatic N) is 1. The number of thiophene rings is 1. The molecule has 0 aliphatic carbocycles. The molecule has 5 nitrogen and oxygen atoms in total. The summed E-state index contributed by atoms with van der Waals surface area (Å²) in [5.41, 5.74) is 2.45. The lowest BCUT2D eigenvalue weighted by atomic mass is 10.2. The zero-order chi connectivity index (χ0) is 20.1. The number of amides is 2. The summed E-state index contributed by atoms with van der Waals surface area (Å²) >= 11 is 1.39. The van der Waals surface area contributed by atoms with Gasteiger partial charge in [-0.2, -0.15) is 0 Å². The van der Waals surface area contributed by atoms with E-state index in [1.165, 1.54) is 22.2 Å². The Morgan fingerprint density at radius 1 is 0.897 bits per heavy atom. The van der Waals surface area contributed by atoms with Crippen molar-refractivity contribution >= 4 is 39.7 Å². The quantitative estimate of drug-likeness (QED) is 0.437. The maximum Gasteiger partial charge on any atom is 0.265 e. The fourth-order valence-corrected chi connectivity index (χ4v) is 3.81. The Balaban J connectivity index is 1.26. The van der Waals surface area contributed by atoms with Crippen molar-refractivity contribution in [2.24, 2.45) is 0 Å². The number of carbonyl (C=O) groups excluding carboxylic acids is 2. The fourth-order valence-electron chi connectivity index (χ4n) is 3.19.